The number of nitrogen functional groups attached to an aromatic ring is 1. The van der Waals surface area contributed by atoms with E-state index in [0.29, 0.717) is 5.92 Å². The van der Waals surface area contributed by atoms with Gasteiger partial charge in [-0.15, -0.1) is 0 Å². The first-order valence-corrected chi connectivity index (χ1v) is 6.88. The van der Waals surface area contributed by atoms with Crippen molar-refractivity contribution in [1.29, 1.82) is 0 Å². The van der Waals surface area contributed by atoms with E-state index in [0.717, 1.165) is 26.6 Å². The number of hydrogen-bond acceptors (Lipinski definition) is 6. The first-order valence-electron chi connectivity index (χ1n) is 5.29. The summed E-state index contributed by atoms with van der Waals surface area (Å²) >= 11 is 2.90. The number of rotatable bonds is 3. The number of aromatic nitrogens is 4. The molecule has 2 rings (SSSR count). The van der Waals surface area contributed by atoms with Crippen LogP contribution in [0.25, 0.3) is 0 Å². The molecule has 92 valence electrons. The highest BCUT2D eigenvalue weighted by molar-refractivity contribution is 8.01. The second-order valence-electron chi connectivity index (χ2n) is 4.09. The predicted octanol–water partition coefficient (Wildman–Crippen LogP) is 2.44. The van der Waals surface area contributed by atoms with Gasteiger partial charge >= 0.3 is 0 Å². The average molecular weight is 269 g/mol. The van der Waals surface area contributed by atoms with Gasteiger partial charge in [-0.1, -0.05) is 13.8 Å². The molecule has 0 aliphatic heterocycles. The van der Waals surface area contributed by atoms with Crippen LogP contribution < -0.4 is 5.73 Å². The van der Waals surface area contributed by atoms with Crippen LogP contribution in [0.2, 0.25) is 0 Å². The van der Waals surface area contributed by atoms with E-state index in [2.05, 4.69) is 28.3 Å². The normalized spacial score (nSPS) is 11.4. The third-order valence-electron chi connectivity index (χ3n) is 2.30. The van der Waals surface area contributed by atoms with Gasteiger partial charge in [-0.3, -0.25) is 4.68 Å². The van der Waals surface area contributed by atoms with Gasteiger partial charge in [0.25, 0.3) is 0 Å². The zero-order valence-corrected chi connectivity index (χ0v) is 11.9. The highest BCUT2D eigenvalue weighted by Gasteiger charge is 2.18. The Morgan fingerprint density at radius 3 is 2.59 bits per heavy atom. The van der Waals surface area contributed by atoms with Gasteiger partial charge in [-0.2, -0.15) is 9.47 Å². The zero-order chi connectivity index (χ0) is 12.6. The molecule has 2 aromatic heterocycles. The quantitative estimate of drug-likeness (QED) is 0.926. The van der Waals surface area contributed by atoms with Crippen LogP contribution in [0.1, 0.15) is 31.3 Å². The van der Waals surface area contributed by atoms with Crippen molar-refractivity contribution in [2.45, 2.75) is 36.1 Å². The van der Waals surface area contributed by atoms with Crippen LogP contribution in [-0.2, 0) is 7.05 Å². The minimum Gasteiger partial charge on any atom is -0.395 e. The summed E-state index contributed by atoms with van der Waals surface area (Å²) in [5.41, 5.74) is 7.80. The van der Waals surface area contributed by atoms with E-state index in [1.807, 2.05) is 18.7 Å². The number of nitrogens with zero attached hydrogens (tertiary/aromatic N) is 4. The average Bonchev–Trinajstić information content (AvgIpc) is 2.77. The lowest BCUT2D eigenvalue weighted by Gasteiger charge is -2.01. The van der Waals surface area contributed by atoms with Crippen LogP contribution in [0.5, 0.6) is 0 Å². The van der Waals surface area contributed by atoms with E-state index >= 15 is 0 Å². The van der Waals surface area contributed by atoms with Crippen molar-refractivity contribution >= 4 is 29.0 Å². The Labute approximate surface area is 109 Å². The molecule has 7 heteroatoms. The molecule has 0 unspecified atom stereocenters. The molecular weight excluding hydrogens is 254 g/mol. The largest absolute Gasteiger partial charge is 0.395 e. The Morgan fingerprint density at radius 2 is 2.12 bits per heavy atom. The molecular formula is C10H15N5S2. The Hall–Kier alpha value is -1.08. The van der Waals surface area contributed by atoms with Crippen molar-refractivity contribution in [3.8, 4) is 0 Å². The first kappa shape index (κ1) is 12.4. The summed E-state index contributed by atoms with van der Waals surface area (Å²) in [5.74, 6) is 1.12. The van der Waals surface area contributed by atoms with Gasteiger partial charge < -0.3 is 5.73 Å². The molecule has 2 heterocycles. The Balaban J connectivity index is 2.33. The summed E-state index contributed by atoms with van der Waals surface area (Å²) < 4.78 is 6.86. The SMILES string of the molecule is Cc1nsc(Sc2c(N)c(C(C)C)nn2C)n1. The van der Waals surface area contributed by atoms with Gasteiger partial charge in [0.05, 0.1) is 11.4 Å². The van der Waals surface area contributed by atoms with Gasteiger partial charge in [0.15, 0.2) is 4.34 Å². The topological polar surface area (TPSA) is 69.6 Å². The van der Waals surface area contributed by atoms with E-state index in [-0.39, 0.29) is 0 Å². The van der Waals surface area contributed by atoms with Crippen molar-refractivity contribution < 1.29 is 0 Å². The fourth-order valence-corrected chi connectivity index (χ4v) is 3.15. The molecule has 17 heavy (non-hydrogen) atoms. The van der Waals surface area contributed by atoms with Crippen LogP contribution in [0.3, 0.4) is 0 Å². The van der Waals surface area contributed by atoms with Gasteiger partial charge in [0.2, 0.25) is 0 Å². The lowest BCUT2D eigenvalue weighted by atomic mass is 10.1. The van der Waals surface area contributed by atoms with Crippen LogP contribution in [-0.4, -0.2) is 19.1 Å². The summed E-state index contributed by atoms with van der Waals surface area (Å²) in [6.45, 7) is 6.05. The lowest BCUT2D eigenvalue weighted by Crippen LogP contribution is -1.94. The molecule has 0 saturated carbocycles. The van der Waals surface area contributed by atoms with E-state index in [9.17, 15) is 0 Å². The summed E-state index contributed by atoms with van der Waals surface area (Å²) in [6.07, 6.45) is 0. The molecule has 0 aliphatic rings. The summed E-state index contributed by atoms with van der Waals surface area (Å²) in [6, 6.07) is 0. The molecule has 2 aromatic rings. The molecule has 0 radical (unpaired) electrons. The van der Waals surface area contributed by atoms with Crippen molar-refractivity contribution in [1.82, 2.24) is 19.1 Å². The first-order chi connectivity index (χ1) is 7.99. The summed E-state index contributed by atoms with van der Waals surface area (Å²) in [5, 5.41) is 5.37. The molecule has 0 spiro atoms. The van der Waals surface area contributed by atoms with Crippen molar-refractivity contribution in [2.75, 3.05) is 5.73 Å². The number of anilines is 1. The van der Waals surface area contributed by atoms with Crippen molar-refractivity contribution in [3.63, 3.8) is 0 Å². The van der Waals surface area contributed by atoms with Crippen LogP contribution in [0.15, 0.2) is 9.37 Å². The highest BCUT2D eigenvalue weighted by Crippen LogP contribution is 2.36. The fourth-order valence-electron chi connectivity index (χ4n) is 1.49. The standard InChI is InChI=1S/C10H15N5S2/c1-5(2)8-7(11)9(15(4)13-8)16-10-12-6(3)14-17-10/h5H,11H2,1-4H3. The Bertz CT molecular complexity index is 529. The minimum absolute atomic E-state index is 0.326. The minimum atomic E-state index is 0.326. The van der Waals surface area contributed by atoms with Gasteiger partial charge in [-0.25, -0.2) is 4.98 Å². The van der Waals surface area contributed by atoms with Gasteiger partial charge in [0.1, 0.15) is 10.9 Å². The van der Waals surface area contributed by atoms with Crippen LogP contribution >= 0.6 is 23.3 Å². The predicted molar refractivity (Wildman–Crippen MR) is 70.5 cm³/mol. The van der Waals surface area contributed by atoms with Crippen LogP contribution in [0.4, 0.5) is 5.69 Å². The van der Waals surface area contributed by atoms with E-state index in [4.69, 9.17) is 5.73 Å². The van der Waals surface area contributed by atoms with E-state index in [1.54, 1.807) is 0 Å². The van der Waals surface area contributed by atoms with Crippen molar-refractivity contribution in [2.24, 2.45) is 7.05 Å². The highest BCUT2D eigenvalue weighted by atomic mass is 32.2. The number of aryl methyl sites for hydroxylation is 2. The monoisotopic (exact) mass is 269 g/mol. The molecule has 0 atom stereocenters. The maximum Gasteiger partial charge on any atom is 0.176 e. The zero-order valence-electron chi connectivity index (χ0n) is 10.3. The third kappa shape index (κ3) is 2.44. The molecule has 0 bridgehead atoms. The molecule has 0 fully saturated rings. The van der Waals surface area contributed by atoms with Crippen LogP contribution in [0, 0.1) is 6.92 Å². The molecule has 5 nitrogen and oxygen atoms in total. The molecule has 2 N–H and O–H groups in total. The van der Waals surface area contributed by atoms with E-state index in [1.165, 1.54) is 23.3 Å². The third-order valence-corrected chi connectivity index (χ3v) is 4.32. The van der Waals surface area contributed by atoms with Gasteiger partial charge in [0, 0.05) is 7.05 Å². The molecule has 0 aromatic carbocycles. The van der Waals surface area contributed by atoms with Gasteiger partial charge in [-0.05, 0) is 36.1 Å². The molecule has 0 amide bonds. The fraction of sp³-hybridized carbons (Fsp3) is 0.500. The Kier molecular flexibility index (Phi) is 3.39. The lowest BCUT2D eigenvalue weighted by molar-refractivity contribution is 0.671. The number of hydrogen-bond donors (Lipinski definition) is 1. The number of nitrogens with two attached hydrogens (primary N) is 1. The van der Waals surface area contributed by atoms with Crippen molar-refractivity contribution in [3.05, 3.63) is 11.5 Å². The molecule has 0 aliphatic carbocycles. The second-order valence-corrected chi connectivity index (χ2v) is 6.08. The second kappa shape index (κ2) is 4.66. The summed E-state index contributed by atoms with van der Waals surface area (Å²) in [4.78, 5) is 4.32. The van der Waals surface area contributed by atoms with E-state index < -0.39 is 0 Å². The smallest absolute Gasteiger partial charge is 0.176 e. The summed E-state index contributed by atoms with van der Waals surface area (Å²) in [7, 11) is 1.90. The maximum absolute atomic E-state index is 6.11. The Morgan fingerprint density at radius 1 is 1.41 bits per heavy atom. The maximum atomic E-state index is 6.11. The molecule has 0 saturated heterocycles.